The quantitative estimate of drug-likeness (QED) is 0.767. The number of para-hydroxylation sites is 1. The molecular formula is C17H22N2O2S. The molecule has 0 aliphatic carbocycles. The Morgan fingerprint density at radius 3 is 2.55 bits per heavy atom. The molecule has 0 saturated carbocycles. The van der Waals surface area contributed by atoms with Crippen molar-refractivity contribution in [3.63, 3.8) is 0 Å². The number of carbonyl (C=O) groups excluding carboxylic acids is 1. The van der Waals surface area contributed by atoms with Gasteiger partial charge in [-0.2, -0.15) is 11.3 Å². The van der Waals surface area contributed by atoms with Gasteiger partial charge in [-0.3, -0.25) is 4.79 Å². The van der Waals surface area contributed by atoms with Crippen molar-refractivity contribution in [3.8, 4) is 0 Å². The highest BCUT2D eigenvalue weighted by Gasteiger charge is 2.24. The minimum atomic E-state index is -1.05. The maximum Gasteiger partial charge on any atom is 0.239 e. The van der Waals surface area contributed by atoms with Gasteiger partial charge in [0.2, 0.25) is 5.91 Å². The van der Waals surface area contributed by atoms with Gasteiger partial charge >= 0.3 is 0 Å². The first-order valence-corrected chi connectivity index (χ1v) is 8.16. The number of thiophene rings is 1. The van der Waals surface area contributed by atoms with E-state index in [1.165, 1.54) is 11.3 Å². The topological polar surface area (TPSA) is 61.4 Å². The van der Waals surface area contributed by atoms with Gasteiger partial charge in [0.1, 0.15) is 5.60 Å². The number of hydrogen-bond acceptors (Lipinski definition) is 4. The highest BCUT2D eigenvalue weighted by molar-refractivity contribution is 7.08. The number of amides is 1. The van der Waals surface area contributed by atoms with E-state index in [-0.39, 0.29) is 19.0 Å². The molecule has 0 aliphatic rings. The number of hydrogen-bond donors (Lipinski definition) is 3. The summed E-state index contributed by atoms with van der Waals surface area (Å²) in [4.78, 5) is 12.0. The van der Waals surface area contributed by atoms with Gasteiger partial charge in [-0.05, 0) is 54.3 Å². The molecule has 1 heterocycles. The van der Waals surface area contributed by atoms with Crippen molar-refractivity contribution >= 4 is 22.9 Å². The number of benzene rings is 1. The Bertz CT molecular complexity index is 616. The lowest BCUT2D eigenvalue weighted by atomic mass is 9.99. The summed E-state index contributed by atoms with van der Waals surface area (Å²) in [7, 11) is 0. The smallest absolute Gasteiger partial charge is 0.239 e. The lowest BCUT2D eigenvalue weighted by Gasteiger charge is -2.23. The number of anilines is 1. The monoisotopic (exact) mass is 318 g/mol. The van der Waals surface area contributed by atoms with E-state index >= 15 is 0 Å². The van der Waals surface area contributed by atoms with Crippen molar-refractivity contribution in [3.05, 3.63) is 51.7 Å². The molecule has 0 radical (unpaired) electrons. The molecule has 0 bridgehead atoms. The Hall–Kier alpha value is -1.85. The van der Waals surface area contributed by atoms with Gasteiger partial charge in [-0.25, -0.2) is 0 Å². The Balaban J connectivity index is 1.86. The molecule has 4 nitrogen and oxygen atoms in total. The summed E-state index contributed by atoms with van der Waals surface area (Å²) in [6.07, 6.45) is 0. The van der Waals surface area contributed by atoms with Crippen LogP contribution in [0.1, 0.15) is 23.6 Å². The van der Waals surface area contributed by atoms with Crippen molar-refractivity contribution in [1.29, 1.82) is 0 Å². The van der Waals surface area contributed by atoms with Crippen LogP contribution >= 0.6 is 11.3 Å². The normalized spacial score (nSPS) is 13.5. The van der Waals surface area contributed by atoms with Crippen LogP contribution in [0.3, 0.4) is 0 Å². The second-order valence-corrected chi connectivity index (χ2v) is 6.46. The molecule has 0 aliphatic heterocycles. The standard InChI is InChI=1S/C17H22N2O2S/c1-12-5-4-6-13(2)16(12)18-9-15(20)19-11-17(3,21)14-7-8-22-10-14/h4-8,10,18,21H,9,11H2,1-3H3,(H,19,20). The second-order valence-electron chi connectivity index (χ2n) is 5.68. The van der Waals surface area contributed by atoms with Crippen LogP contribution in [0.15, 0.2) is 35.0 Å². The van der Waals surface area contributed by atoms with E-state index in [1.54, 1.807) is 6.92 Å². The Morgan fingerprint density at radius 1 is 1.27 bits per heavy atom. The molecule has 1 unspecified atom stereocenters. The van der Waals surface area contributed by atoms with Crippen LogP contribution in [0.4, 0.5) is 5.69 Å². The van der Waals surface area contributed by atoms with Gasteiger partial charge < -0.3 is 15.7 Å². The van der Waals surface area contributed by atoms with Crippen LogP contribution in [0.2, 0.25) is 0 Å². The van der Waals surface area contributed by atoms with Gasteiger partial charge in [0.25, 0.3) is 0 Å². The molecule has 1 aromatic heterocycles. The predicted molar refractivity (Wildman–Crippen MR) is 91.3 cm³/mol. The molecule has 1 amide bonds. The fraction of sp³-hybridized carbons (Fsp3) is 0.353. The third-order valence-electron chi connectivity index (χ3n) is 3.68. The molecule has 3 N–H and O–H groups in total. The minimum Gasteiger partial charge on any atom is -0.384 e. The van der Waals surface area contributed by atoms with E-state index in [2.05, 4.69) is 10.6 Å². The number of aliphatic hydroxyl groups is 1. The molecule has 1 atom stereocenters. The maximum atomic E-state index is 12.0. The van der Waals surface area contributed by atoms with Gasteiger partial charge in [-0.1, -0.05) is 18.2 Å². The van der Waals surface area contributed by atoms with Gasteiger partial charge in [0.15, 0.2) is 0 Å². The minimum absolute atomic E-state index is 0.141. The third kappa shape index (κ3) is 4.08. The highest BCUT2D eigenvalue weighted by Crippen LogP contribution is 2.22. The first-order chi connectivity index (χ1) is 10.4. The number of rotatable bonds is 6. The van der Waals surface area contributed by atoms with E-state index in [0.717, 1.165) is 22.4 Å². The van der Waals surface area contributed by atoms with Gasteiger partial charge in [0.05, 0.1) is 13.1 Å². The van der Waals surface area contributed by atoms with Crippen LogP contribution in [-0.4, -0.2) is 24.1 Å². The zero-order chi connectivity index (χ0) is 16.2. The highest BCUT2D eigenvalue weighted by atomic mass is 32.1. The number of nitrogens with one attached hydrogen (secondary N) is 2. The molecule has 22 heavy (non-hydrogen) atoms. The van der Waals surface area contributed by atoms with Crippen LogP contribution in [0.25, 0.3) is 0 Å². The maximum absolute atomic E-state index is 12.0. The Kier molecular flexibility index (Phi) is 5.21. The summed E-state index contributed by atoms with van der Waals surface area (Å²) in [5, 5.41) is 20.1. The van der Waals surface area contributed by atoms with Crippen LogP contribution in [-0.2, 0) is 10.4 Å². The first-order valence-electron chi connectivity index (χ1n) is 7.22. The molecule has 1 aromatic carbocycles. The van der Waals surface area contributed by atoms with Crippen molar-refractivity contribution in [2.75, 3.05) is 18.4 Å². The SMILES string of the molecule is Cc1cccc(C)c1NCC(=O)NCC(C)(O)c1ccsc1. The first kappa shape index (κ1) is 16.5. The molecule has 2 aromatic rings. The predicted octanol–water partition coefficient (Wildman–Crippen LogP) is 2.80. The average Bonchev–Trinajstić information content (AvgIpc) is 3.00. The molecule has 0 fully saturated rings. The zero-order valence-corrected chi connectivity index (χ0v) is 14.0. The van der Waals surface area contributed by atoms with Crippen LogP contribution in [0, 0.1) is 13.8 Å². The van der Waals surface area contributed by atoms with Crippen molar-refractivity contribution in [2.24, 2.45) is 0 Å². The Morgan fingerprint density at radius 2 is 1.95 bits per heavy atom. The zero-order valence-electron chi connectivity index (χ0n) is 13.1. The summed E-state index contributed by atoms with van der Waals surface area (Å²) in [6, 6.07) is 7.88. The molecule has 5 heteroatoms. The average molecular weight is 318 g/mol. The Labute approximate surface area is 135 Å². The van der Waals surface area contributed by atoms with Gasteiger partial charge in [0, 0.05) is 5.69 Å². The molecule has 118 valence electrons. The lowest BCUT2D eigenvalue weighted by molar-refractivity contribution is -0.120. The largest absolute Gasteiger partial charge is 0.384 e. The van der Waals surface area contributed by atoms with E-state index in [0.29, 0.717) is 0 Å². The molecular weight excluding hydrogens is 296 g/mol. The summed E-state index contributed by atoms with van der Waals surface area (Å²) in [6.45, 7) is 6.10. The summed E-state index contributed by atoms with van der Waals surface area (Å²) in [5.41, 5.74) is 2.98. The fourth-order valence-corrected chi connectivity index (χ4v) is 3.05. The third-order valence-corrected chi connectivity index (χ3v) is 4.36. The number of aryl methyl sites for hydroxylation is 2. The summed E-state index contributed by atoms with van der Waals surface area (Å²) < 4.78 is 0. The summed E-state index contributed by atoms with van der Waals surface area (Å²) >= 11 is 1.53. The van der Waals surface area contributed by atoms with Crippen LogP contribution < -0.4 is 10.6 Å². The molecule has 0 spiro atoms. The summed E-state index contributed by atoms with van der Waals surface area (Å²) in [5.74, 6) is -0.141. The van der Waals surface area contributed by atoms with Crippen molar-refractivity contribution in [2.45, 2.75) is 26.4 Å². The van der Waals surface area contributed by atoms with E-state index in [1.807, 2.05) is 48.9 Å². The van der Waals surface area contributed by atoms with E-state index in [4.69, 9.17) is 0 Å². The molecule has 0 saturated heterocycles. The van der Waals surface area contributed by atoms with E-state index < -0.39 is 5.60 Å². The fourth-order valence-electron chi connectivity index (χ4n) is 2.27. The molecule has 2 rings (SSSR count). The van der Waals surface area contributed by atoms with Crippen LogP contribution in [0.5, 0.6) is 0 Å². The lowest BCUT2D eigenvalue weighted by Crippen LogP contribution is -2.40. The number of carbonyl (C=O) groups is 1. The van der Waals surface area contributed by atoms with Crippen molar-refractivity contribution < 1.29 is 9.90 Å². The second kappa shape index (κ2) is 6.94. The van der Waals surface area contributed by atoms with Crippen molar-refractivity contribution in [1.82, 2.24) is 5.32 Å². The van der Waals surface area contributed by atoms with E-state index in [9.17, 15) is 9.90 Å². The van der Waals surface area contributed by atoms with Gasteiger partial charge in [-0.15, -0.1) is 0 Å².